The second kappa shape index (κ2) is 8.06. The first-order chi connectivity index (χ1) is 15.6. The fraction of sp³-hybridized carbons (Fsp3) is 0.458. The summed E-state index contributed by atoms with van der Waals surface area (Å²) in [4.78, 5) is 21.5. The number of thiophene rings is 1. The molecule has 0 radical (unpaired) electrons. The first-order valence-electron chi connectivity index (χ1n) is 11.1. The van der Waals surface area contributed by atoms with Crippen molar-refractivity contribution in [3.8, 4) is 10.6 Å². The number of piperidine rings is 1. The maximum Gasteiger partial charge on any atom is 0.410 e. The van der Waals surface area contributed by atoms with Crippen molar-refractivity contribution in [1.29, 1.82) is 0 Å². The largest absolute Gasteiger partial charge is 0.444 e. The molecule has 1 saturated heterocycles. The number of aromatic nitrogens is 3. The molecule has 0 saturated carbocycles. The summed E-state index contributed by atoms with van der Waals surface area (Å²) in [5.41, 5.74) is 0.676. The Labute approximate surface area is 200 Å². The van der Waals surface area contributed by atoms with E-state index in [-0.39, 0.29) is 18.0 Å². The molecule has 1 aromatic carbocycles. The summed E-state index contributed by atoms with van der Waals surface area (Å²) in [6, 6.07) is 5.81. The van der Waals surface area contributed by atoms with Crippen LogP contribution in [0.15, 0.2) is 24.4 Å². The molecule has 174 valence electrons. The van der Waals surface area contributed by atoms with E-state index in [4.69, 9.17) is 9.72 Å². The summed E-state index contributed by atoms with van der Waals surface area (Å²) in [6.45, 7) is 8.46. The van der Waals surface area contributed by atoms with Crippen LogP contribution in [0, 0.1) is 5.82 Å². The second-order valence-corrected chi connectivity index (χ2v) is 11.9. The number of benzene rings is 1. The van der Waals surface area contributed by atoms with Gasteiger partial charge in [-0.25, -0.2) is 14.2 Å². The maximum atomic E-state index is 14.5. The van der Waals surface area contributed by atoms with Gasteiger partial charge in [-0.1, -0.05) is 0 Å². The highest BCUT2D eigenvalue weighted by Crippen LogP contribution is 2.42. The van der Waals surface area contributed by atoms with Gasteiger partial charge in [-0.3, -0.25) is 4.68 Å². The Balaban J connectivity index is 1.34. The van der Waals surface area contributed by atoms with Crippen LogP contribution < -0.4 is 0 Å². The van der Waals surface area contributed by atoms with Crippen molar-refractivity contribution >= 4 is 49.2 Å². The third-order valence-corrected chi connectivity index (χ3v) is 8.31. The second-order valence-electron chi connectivity index (χ2n) is 9.78. The molecule has 1 fully saturated rings. The average molecular weight is 487 g/mol. The molecule has 9 heteroatoms. The van der Waals surface area contributed by atoms with Crippen molar-refractivity contribution in [3.05, 3.63) is 35.1 Å². The number of ether oxygens (including phenoxy) is 1. The summed E-state index contributed by atoms with van der Waals surface area (Å²) >= 11 is 3.30. The van der Waals surface area contributed by atoms with Gasteiger partial charge in [0.1, 0.15) is 21.0 Å². The maximum absolute atomic E-state index is 14.5. The minimum atomic E-state index is -0.486. The molecule has 5 rings (SSSR count). The number of thiazole rings is 1. The third-order valence-electron chi connectivity index (χ3n) is 5.94. The molecule has 2 atom stereocenters. The zero-order valence-corrected chi connectivity index (χ0v) is 21.0. The Bertz CT molecular complexity index is 1320. The number of halogens is 1. The van der Waals surface area contributed by atoms with Gasteiger partial charge in [-0.2, -0.15) is 5.10 Å². The molecule has 0 spiro atoms. The van der Waals surface area contributed by atoms with Crippen molar-refractivity contribution in [3.63, 3.8) is 0 Å². The van der Waals surface area contributed by atoms with E-state index in [1.807, 2.05) is 37.9 Å². The zero-order valence-electron chi connectivity index (χ0n) is 19.4. The zero-order chi connectivity index (χ0) is 23.5. The van der Waals surface area contributed by atoms with E-state index in [2.05, 4.69) is 18.1 Å². The number of nitrogens with zero attached hydrogens (tertiary/aromatic N) is 4. The fourth-order valence-corrected chi connectivity index (χ4v) is 6.79. The first kappa shape index (κ1) is 22.3. The molecule has 4 aromatic rings. The highest BCUT2D eigenvalue weighted by Gasteiger charge is 2.33. The van der Waals surface area contributed by atoms with E-state index in [1.165, 1.54) is 10.9 Å². The number of aryl methyl sites for hydroxylation is 1. The molecule has 1 amide bonds. The van der Waals surface area contributed by atoms with Crippen LogP contribution in [-0.4, -0.2) is 43.9 Å². The van der Waals surface area contributed by atoms with Gasteiger partial charge in [-0.05, 0) is 64.7 Å². The Morgan fingerprint density at radius 2 is 2.03 bits per heavy atom. The molecule has 4 heterocycles. The van der Waals surface area contributed by atoms with E-state index in [9.17, 15) is 9.18 Å². The number of amides is 1. The summed E-state index contributed by atoms with van der Waals surface area (Å²) in [5.74, 6) is 0.0748. The summed E-state index contributed by atoms with van der Waals surface area (Å²) < 4.78 is 22.8. The lowest BCUT2D eigenvalue weighted by atomic mass is 9.90. The molecule has 2 unspecified atom stereocenters. The van der Waals surface area contributed by atoms with Crippen LogP contribution in [0.1, 0.15) is 51.3 Å². The standard InChI is InChI=1S/C24H27FN4O2S2/c1-13-8-14(6-7-29(13)23(30)31-24(2,3)4)18-11-19-22(32-18)26-21(33-19)15-9-16-12-28(5)27-20(16)17(25)10-15/h9-14H,6-8H2,1-5H3. The van der Waals surface area contributed by atoms with Gasteiger partial charge in [-0.15, -0.1) is 22.7 Å². The van der Waals surface area contributed by atoms with Gasteiger partial charge < -0.3 is 9.64 Å². The van der Waals surface area contributed by atoms with Crippen molar-refractivity contribution in [2.75, 3.05) is 6.54 Å². The highest BCUT2D eigenvalue weighted by molar-refractivity contribution is 7.28. The van der Waals surface area contributed by atoms with Crippen LogP contribution in [0.4, 0.5) is 9.18 Å². The molecular weight excluding hydrogens is 459 g/mol. The summed E-state index contributed by atoms with van der Waals surface area (Å²) in [5, 5.41) is 5.77. The molecule has 0 bridgehead atoms. The van der Waals surface area contributed by atoms with Crippen molar-refractivity contribution in [1.82, 2.24) is 19.7 Å². The van der Waals surface area contributed by atoms with Crippen LogP contribution in [-0.2, 0) is 11.8 Å². The van der Waals surface area contributed by atoms with E-state index in [0.717, 1.165) is 38.3 Å². The SMILES string of the molecule is CC1CC(c2cc3sc(-c4cc(F)c5nn(C)cc5c4)nc3s2)CCN1C(=O)OC(C)(C)C. The third kappa shape index (κ3) is 4.36. The fourth-order valence-electron chi connectivity index (χ4n) is 4.44. The number of carbonyl (C=O) groups is 1. The molecule has 1 aliphatic rings. The predicted molar refractivity (Wildman–Crippen MR) is 132 cm³/mol. The number of carbonyl (C=O) groups excluding carboxylic acids is 1. The first-order valence-corrected chi connectivity index (χ1v) is 12.7. The van der Waals surface area contributed by atoms with E-state index in [0.29, 0.717) is 18.0 Å². The molecule has 3 aromatic heterocycles. The lowest BCUT2D eigenvalue weighted by molar-refractivity contribution is 0.0105. The number of likely N-dealkylation sites (tertiary alicyclic amines) is 1. The normalized spacial score (nSPS) is 19.5. The van der Waals surface area contributed by atoms with Gasteiger partial charge in [0, 0.05) is 41.7 Å². The predicted octanol–water partition coefficient (Wildman–Crippen LogP) is 6.55. The molecular formula is C24H27FN4O2S2. The van der Waals surface area contributed by atoms with Gasteiger partial charge in [0.05, 0.1) is 4.70 Å². The Morgan fingerprint density at radius 3 is 2.73 bits per heavy atom. The lowest BCUT2D eigenvalue weighted by Crippen LogP contribution is -2.46. The minimum Gasteiger partial charge on any atom is -0.444 e. The topological polar surface area (TPSA) is 60.2 Å². The van der Waals surface area contributed by atoms with Crippen LogP contribution in [0.3, 0.4) is 0 Å². The van der Waals surface area contributed by atoms with Crippen LogP contribution in [0.2, 0.25) is 0 Å². The quantitative estimate of drug-likeness (QED) is 0.322. The van der Waals surface area contributed by atoms with Crippen molar-refractivity contribution in [2.24, 2.45) is 7.05 Å². The Kier molecular flexibility index (Phi) is 5.44. The van der Waals surface area contributed by atoms with Crippen LogP contribution in [0.5, 0.6) is 0 Å². The number of fused-ring (bicyclic) bond motifs is 2. The minimum absolute atomic E-state index is 0.122. The van der Waals surface area contributed by atoms with Crippen LogP contribution >= 0.6 is 22.7 Å². The summed E-state index contributed by atoms with van der Waals surface area (Å²) in [7, 11) is 1.79. The molecule has 33 heavy (non-hydrogen) atoms. The Morgan fingerprint density at radius 1 is 1.24 bits per heavy atom. The van der Waals surface area contributed by atoms with Gasteiger partial charge >= 0.3 is 6.09 Å². The van der Waals surface area contributed by atoms with Gasteiger partial charge in [0.2, 0.25) is 0 Å². The van der Waals surface area contributed by atoms with E-state index >= 15 is 0 Å². The monoisotopic (exact) mass is 486 g/mol. The van der Waals surface area contributed by atoms with Gasteiger partial charge in [0.25, 0.3) is 0 Å². The number of rotatable bonds is 2. The van der Waals surface area contributed by atoms with Crippen molar-refractivity contribution in [2.45, 2.75) is 58.1 Å². The molecule has 1 aliphatic heterocycles. The lowest BCUT2D eigenvalue weighted by Gasteiger charge is -2.38. The van der Waals surface area contributed by atoms with Gasteiger partial charge in [0.15, 0.2) is 5.82 Å². The van der Waals surface area contributed by atoms with E-state index in [1.54, 1.807) is 34.4 Å². The Hall–Kier alpha value is -2.52. The smallest absolute Gasteiger partial charge is 0.410 e. The van der Waals surface area contributed by atoms with Crippen LogP contribution in [0.25, 0.3) is 31.0 Å². The summed E-state index contributed by atoms with van der Waals surface area (Å²) in [6.07, 6.45) is 3.40. The number of hydrogen-bond donors (Lipinski definition) is 0. The number of hydrogen-bond acceptors (Lipinski definition) is 6. The molecule has 0 aliphatic carbocycles. The van der Waals surface area contributed by atoms with E-state index < -0.39 is 5.60 Å². The average Bonchev–Trinajstić information content (AvgIpc) is 3.38. The molecule has 0 N–H and O–H groups in total. The molecule has 6 nitrogen and oxygen atoms in total. The highest BCUT2D eigenvalue weighted by atomic mass is 32.1. The van der Waals surface area contributed by atoms with Crippen molar-refractivity contribution < 1.29 is 13.9 Å².